The summed E-state index contributed by atoms with van der Waals surface area (Å²) in [6.07, 6.45) is -3.73. The molecule has 0 unspecified atom stereocenters. The van der Waals surface area contributed by atoms with Crippen LogP contribution in [0, 0.1) is 0 Å². The monoisotopic (exact) mass is 315 g/mol. The molecular formula is C15H16F3NO3. The molecule has 2 aromatic rings. The largest absolute Gasteiger partial charge is 0.463 e. The first kappa shape index (κ1) is 16.4. The molecule has 7 heteroatoms. The van der Waals surface area contributed by atoms with Crippen molar-refractivity contribution in [3.05, 3.63) is 35.5 Å². The number of aliphatic hydroxyl groups is 1. The minimum atomic E-state index is -5.20. The normalized spacial score (nSPS) is 14.8. The van der Waals surface area contributed by atoms with Crippen molar-refractivity contribution in [1.29, 1.82) is 0 Å². The summed E-state index contributed by atoms with van der Waals surface area (Å²) in [5.74, 6) is -1.73. The van der Waals surface area contributed by atoms with Crippen molar-refractivity contribution in [3.8, 4) is 0 Å². The van der Waals surface area contributed by atoms with Crippen LogP contribution in [-0.4, -0.2) is 28.8 Å². The van der Waals surface area contributed by atoms with Crippen molar-refractivity contribution in [2.75, 3.05) is 6.61 Å². The molecule has 0 spiro atoms. The fourth-order valence-electron chi connectivity index (χ4n) is 2.45. The number of aromatic amines is 1. The minimum Gasteiger partial charge on any atom is -0.463 e. The minimum absolute atomic E-state index is 0.192. The number of aryl methyl sites for hydroxylation is 1. The molecule has 0 fully saturated rings. The number of carbonyl (C=O) groups excluding carboxylic acids is 1. The second kappa shape index (κ2) is 5.64. The number of H-pyrrole nitrogens is 1. The molecule has 0 amide bonds. The number of rotatable bonds is 4. The molecule has 2 rings (SSSR count). The number of esters is 1. The molecule has 0 bridgehead atoms. The van der Waals surface area contributed by atoms with E-state index in [9.17, 15) is 23.1 Å². The van der Waals surface area contributed by atoms with Gasteiger partial charge in [-0.2, -0.15) is 13.2 Å². The van der Waals surface area contributed by atoms with Gasteiger partial charge in [-0.25, -0.2) is 4.79 Å². The third kappa shape index (κ3) is 2.35. The number of fused-ring (bicyclic) bond motifs is 1. The highest BCUT2D eigenvalue weighted by atomic mass is 19.4. The Bertz CT molecular complexity index is 693. The lowest BCUT2D eigenvalue weighted by Gasteiger charge is -2.28. The van der Waals surface area contributed by atoms with Gasteiger partial charge in [-0.1, -0.05) is 19.1 Å². The number of alkyl halides is 3. The molecule has 0 radical (unpaired) electrons. The number of benzene rings is 1. The van der Waals surface area contributed by atoms with Gasteiger partial charge in [-0.05, 0) is 25.0 Å². The maximum Gasteiger partial charge on any atom is 0.432 e. The fourth-order valence-corrected chi connectivity index (χ4v) is 2.45. The molecular weight excluding hydrogens is 299 g/mol. The van der Waals surface area contributed by atoms with Crippen molar-refractivity contribution in [1.82, 2.24) is 4.98 Å². The van der Waals surface area contributed by atoms with Gasteiger partial charge in [0.2, 0.25) is 0 Å². The van der Waals surface area contributed by atoms with Crippen LogP contribution in [0.25, 0.3) is 10.9 Å². The number of ether oxygens (including phenoxy) is 1. The molecule has 1 heterocycles. The Labute approximate surface area is 124 Å². The molecule has 0 aliphatic carbocycles. The zero-order chi connectivity index (χ0) is 16.5. The van der Waals surface area contributed by atoms with E-state index in [-0.39, 0.29) is 12.0 Å². The maximum atomic E-state index is 13.4. The van der Waals surface area contributed by atoms with Crippen molar-refractivity contribution < 1.29 is 27.8 Å². The number of carbonyl (C=O) groups is 1. The number of halogens is 3. The summed E-state index contributed by atoms with van der Waals surface area (Å²) in [5.41, 5.74) is -3.22. The van der Waals surface area contributed by atoms with E-state index in [0.29, 0.717) is 17.5 Å². The molecule has 0 saturated heterocycles. The first-order valence-electron chi connectivity index (χ1n) is 6.83. The van der Waals surface area contributed by atoms with E-state index in [0.717, 1.165) is 6.20 Å². The van der Waals surface area contributed by atoms with Crippen LogP contribution in [0.3, 0.4) is 0 Å². The number of aromatic nitrogens is 1. The Morgan fingerprint density at radius 1 is 1.32 bits per heavy atom. The second-order valence-electron chi connectivity index (χ2n) is 4.82. The Balaban J connectivity index is 2.76. The Morgan fingerprint density at radius 2 is 2.00 bits per heavy atom. The zero-order valence-electron chi connectivity index (χ0n) is 12.1. The van der Waals surface area contributed by atoms with Gasteiger partial charge in [0.1, 0.15) is 0 Å². The number of hydrogen-bond acceptors (Lipinski definition) is 3. The molecule has 0 saturated carbocycles. The van der Waals surface area contributed by atoms with Crippen LogP contribution in [0.4, 0.5) is 13.2 Å². The van der Waals surface area contributed by atoms with Crippen LogP contribution >= 0.6 is 0 Å². The number of nitrogens with one attached hydrogen (secondary N) is 1. The van der Waals surface area contributed by atoms with Crippen LogP contribution in [0.1, 0.15) is 25.0 Å². The van der Waals surface area contributed by atoms with E-state index in [2.05, 4.69) is 9.72 Å². The summed E-state index contributed by atoms with van der Waals surface area (Å²) in [4.78, 5) is 14.5. The summed E-state index contributed by atoms with van der Waals surface area (Å²) in [7, 11) is 0. The molecule has 2 N–H and O–H groups in total. The first-order chi connectivity index (χ1) is 10.3. The molecule has 1 aromatic carbocycles. The van der Waals surface area contributed by atoms with Crippen LogP contribution in [-0.2, 0) is 21.6 Å². The molecule has 22 heavy (non-hydrogen) atoms. The van der Waals surface area contributed by atoms with Crippen molar-refractivity contribution >= 4 is 16.9 Å². The number of hydrogen-bond donors (Lipinski definition) is 2. The SMILES string of the molecule is CCOC(=O)[C@](O)(c1c[nH]c2cccc(CC)c12)C(F)(F)F. The Morgan fingerprint density at radius 3 is 2.55 bits per heavy atom. The van der Waals surface area contributed by atoms with Crippen molar-refractivity contribution in [3.63, 3.8) is 0 Å². The molecule has 120 valence electrons. The quantitative estimate of drug-likeness (QED) is 0.853. The van der Waals surface area contributed by atoms with Crippen molar-refractivity contribution in [2.24, 2.45) is 0 Å². The van der Waals surface area contributed by atoms with Gasteiger partial charge < -0.3 is 14.8 Å². The Hall–Kier alpha value is -2.02. The van der Waals surface area contributed by atoms with Gasteiger partial charge in [0.15, 0.2) is 0 Å². The van der Waals surface area contributed by atoms with Crippen LogP contribution < -0.4 is 0 Å². The predicted molar refractivity (Wildman–Crippen MR) is 74.3 cm³/mol. The summed E-state index contributed by atoms with van der Waals surface area (Å²) < 4.78 is 44.8. The van der Waals surface area contributed by atoms with E-state index in [1.807, 2.05) is 0 Å². The average Bonchev–Trinajstić information content (AvgIpc) is 2.89. The first-order valence-corrected chi connectivity index (χ1v) is 6.83. The molecule has 0 aliphatic rings. The summed E-state index contributed by atoms with van der Waals surface area (Å²) in [6, 6.07) is 4.93. The second-order valence-corrected chi connectivity index (χ2v) is 4.82. The topological polar surface area (TPSA) is 62.3 Å². The van der Waals surface area contributed by atoms with Crippen molar-refractivity contribution in [2.45, 2.75) is 32.0 Å². The molecule has 4 nitrogen and oxygen atoms in total. The van der Waals surface area contributed by atoms with Gasteiger partial charge in [0, 0.05) is 22.7 Å². The third-order valence-corrected chi connectivity index (χ3v) is 3.54. The summed E-state index contributed by atoms with van der Waals surface area (Å²) in [5, 5.41) is 10.4. The fraction of sp³-hybridized carbons (Fsp3) is 0.400. The lowest BCUT2D eigenvalue weighted by molar-refractivity contribution is -0.267. The molecule has 1 aromatic heterocycles. The average molecular weight is 315 g/mol. The van der Waals surface area contributed by atoms with Gasteiger partial charge in [-0.15, -0.1) is 0 Å². The lowest BCUT2D eigenvalue weighted by Crippen LogP contribution is -2.50. The maximum absolute atomic E-state index is 13.4. The molecule has 0 aliphatic heterocycles. The van der Waals surface area contributed by atoms with Gasteiger partial charge >= 0.3 is 12.1 Å². The van der Waals surface area contributed by atoms with Crippen LogP contribution in [0.5, 0.6) is 0 Å². The van der Waals surface area contributed by atoms with Crippen LogP contribution in [0.15, 0.2) is 24.4 Å². The summed E-state index contributed by atoms with van der Waals surface area (Å²) >= 11 is 0. The Kier molecular flexibility index (Phi) is 4.19. The van der Waals surface area contributed by atoms with Gasteiger partial charge in [-0.3, -0.25) is 0 Å². The van der Waals surface area contributed by atoms with Gasteiger partial charge in [0.05, 0.1) is 6.61 Å². The van der Waals surface area contributed by atoms with E-state index in [4.69, 9.17) is 0 Å². The highest BCUT2D eigenvalue weighted by Gasteiger charge is 2.63. The van der Waals surface area contributed by atoms with E-state index in [1.54, 1.807) is 25.1 Å². The third-order valence-electron chi connectivity index (χ3n) is 3.54. The van der Waals surface area contributed by atoms with Crippen LogP contribution in [0.2, 0.25) is 0 Å². The van der Waals surface area contributed by atoms with E-state index >= 15 is 0 Å². The van der Waals surface area contributed by atoms with Gasteiger partial charge in [0.25, 0.3) is 5.60 Å². The highest BCUT2D eigenvalue weighted by molar-refractivity contribution is 5.94. The zero-order valence-corrected chi connectivity index (χ0v) is 12.1. The standard InChI is InChI=1S/C15H16F3NO3/c1-3-9-6-5-7-11-12(9)10(8-19-11)14(21,15(16,17)18)13(20)22-4-2/h5-8,19,21H,3-4H2,1-2H3/t14-/m1/s1. The van der Waals surface area contributed by atoms with E-state index < -0.39 is 23.3 Å². The van der Waals surface area contributed by atoms with E-state index in [1.165, 1.54) is 6.92 Å². The summed E-state index contributed by atoms with van der Waals surface area (Å²) in [6.45, 7) is 2.89. The smallest absolute Gasteiger partial charge is 0.432 e. The predicted octanol–water partition coefficient (Wildman–Crippen LogP) is 3.04. The lowest BCUT2D eigenvalue weighted by atomic mass is 9.90. The highest BCUT2D eigenvalue weighted by Crippen LogP contribution is 2.43. The molecule has 1 atom stereocenters.